The second kappa shape index (κ2) is 6.12. The maximum Gasteiger partial charge on any atom is 0.262 e. The van der Waals surface area contributed by atoms with Gasteiger partial charge in [0.05, 0.1) is 12.7 Å². The number of aromatic amines is 1. The molecule has 0 radical (unpaired) electrons. The highest BCUT2D eigenvalue weighted by Gasteiger charge is 2.21. The molecule has 8 heteroatoms. The second-order valence-corrected chi connectivity index (χ2v) is 5.74. The number of nitrogens with one attached hydrogen (secondary N) is 1. The molecule has 2 heterocycles. The summed E-state index contributed by atoms with van der Waals surface area (Å²) in [6, 6.07) is 3.25. The van der Waals surface area contributed by atoms with Crippen molar-refractivity contribution in [1.82, 2.24) is 24.6 Å². The van der Waals surface area contributed by atoms with Crippen LogP contribution in [-0.4, -0.2) is 31.7 Å². The molecule has 0 saturated carbocycles. The lowest BCUT2D eigenvalue weighted by molar-refractivity contribution is 0.236. The first-order chi connectivity index (χ1) is 11.4. The minimum absolute atomic E-state index is 0.0102. The van der Waals surface area contributed by atoms with Crippen LogP contribution < -0.4 is 5.56 Å². The lowest BCUT2D eigenvalue weighted by Crippen LogP contribution is -2.26. The summed E-state index contributed by atoms with van der Waals surface area (Å²) in [6.45, 7) is 1.92. The molecular formula is C16H17F2N5O. The fourth-order valence-corrected chi connectivity index (χ4v) is 2.66. The largest absolute Gasteiger partial charge is 0.309 e. The van der Waals surface area contributed by atoms with E-state index >= 15 is 0 Å². The predicted molar refractivity (Wildman–Crippen MR) is 85.4 cm³/mol. The first-order valence-electron chi connectivity index (χ1n) is 7.43. The van der Waals surface area contributed by atoms with Gasteiger partial charge in [-0.15, -0.1) is 0 Å². The van der Waals surface area contributed by atoms with E-state index in [1.807, 2.05) is 0 Å². The van der Waals surface area contributed by atoms with Gasteiger partial charge in [0, 0.05) is 18.7 Å². The topological polar surface area (TPSA) is 66.8 Å². The van der Waals surface area contributed by atoms with E-state index in [0.717, 1.165) is 0 Å². The van der Waals surface area contributed by atoms with Gasteiger partial charge in [-0.2, -0.15) is 5.10 Å². The molecular weight excluding hydrogens is 316 g/mol. The van der Waals surface area contributed by atoms with Crippen LogP contribution in [0, 0.1) is 11.6 Å². The van der Waals surface area contributed by atoms with E-state index < -0.39 is 17.7 Å². The van der Waals surface area contributed by atoms with Crippen LogP contribution in [0.3, 0.4) is 0 Å². The number of aromatic nitrogens is 4. The molecule has 3 rings (SSSR count). The van der Waals surface area contributed by atoms with Crippen molar-refractivity contribution in [3.8, 4) is 0 Å². The molecule has 0 aliphatic carbocycles. The third-order valence-corrected chi connectivity index (χ3v) is 4.13. The van der Waals surface area contributed by atoms with Gasteiger partial charge in [0.15, 0.2) is 5.65 Å². The molecule has 3 aromatic rings. The smallest absolute Gasteiger partial charge is 0.262 e. The fraction of sp³-hybridized carbons (Fsp3) is 0.312. The minimum Gasteiger partial charge on any atom is -0.309 e. The molecule has 0 amide bonds. The molecule has 0 saturated heterocycles. The maximum atomic E-state index is 13.9. The van der Waals surface area contributed by atoms with Gasteiger partial charge in [0.25, 0.3) is 5.56 Å². The molecule has 0 fully saturated rings. The number of fused-ring (bicyclic) bond motifs is 1. The van der Waals surface area contributed by atoms with E-state index in [4.69, 9.17) is 0 Å². The van der Waals surface area contributed by atoms with Gasteiger partial charge in [0.2, 0.25) is 0 Å². The normalized spacial score (nSPS) is 12.9. The number of nitrogens with zero attached hydrogens (tertiary/aromatic N) is 4. The van der Waals surface area contributed by atoms with Crippen LogP contribution in [0.5, 0.6) is 0 Å². The van der Waals surface area contributed by atoms with Crippen molar-refractivity contribution in [2.75, 3.05) is 7.05 Å². The van der Waals surface area contributed by atoms with Crippen molar-refractivity contribution in [1.29, 1.82) is 0 Å². The molecule has 0 bridgehead atoms. The van der Waals surface area contributed by atoms with Crippen LogP contribution in [0.1, 0.15) is 24.4 Å². The molecule has 24 heavy (non-hydrogen) atoms. The monoisotopic (exact) mass is 333 g/mol. The summed E-state index contributed by atoms with van der Waals surface area (Å²) in [5.74, 6) is -0.794. The van der Waals surface area contributed by atoms with E-state index in [-0.39, 0.29) is 17.7 Å². The van der Waals surface area contributed by atoms with Gasteiger partial charge in [-0.1, -0.05) is 6.07 Å². The van der Waals surface area contributed by atoms with E-state index in [0.29, 0.717) is 16.9 Å². The number of hydrogen-bond acceptors (Lipinski definition) is 4. The highest BCUT2D eigenvalue weighted by Crippen LogP contribution is 2.25. The van der Waals surface area contributed by atoms with Crippen LogP contribution >= 0.6 is 0 Å². The van der Waals surface area contributed by atoms with Gasteiger partial charge in [-0.3, -0.25) is 14.4 Å². The third kappa shape index (κ3) is 2.80. The quantitative estimate of drug-likeness (QED) is 0.794. The van der Waals surface area contributed by atoms with E-state index in [1.165, 1.54) is 29.1 Å². The van der Waals surface area contributed by atoms with Crippen LogP contribution in [0.15, 0.2) is 29.2 Å². The number of H-pyrrole nitrogens is 1. The number of benzene rings is 1. The Kier molecular flexibility index (Phi) is 4.15. The first kappa shape index (κ1) is 16.3. The average molecular weight is 333 g/mol. The van der Waals surface area contributed by atoms with Crippen molar-refractivity contribution in [2.45, 2.75) is 19.5 Å². The molecule has 0 aliphatic rings. The van der Waals surface area contributed by atoms with Crippen LogP contribution in [0.2, 0.25) is 0 Å². The van der Waals surface area contributed by atoms with E-state index in [2.05, 4.69) is 15.1 Å². The molecule has 1 aromatic carbocycles. The summed E-state index contributed by atoms with van der Waals surface area (Å²) < 4.78 is 29.4. The lowest BCUT2D eigenvalue weighted by atomic mass is 10.1. The van der Waals surface area contributed by atoms with Crippen molar-refractivity contribution < 1.29 is 8.78 Å². The Morgan fingerprint density at radius 1 is 1.33 bits per heavy atom. The Morgan fingerprint density at radius 2 is 2.00 bits per heavy atom. The molecule has 0 unspecified atom stereocenters. The Balaban J connectivity index is 1.90. The number of hydrogen-bond donors (Lipinski definition) is 1. The van der Waals surface area contributed by atoms with Crippen molar-refractivity contribution >= 4 is 11.0 Å². The van der Waals surface area contributed by atoms with Gasteiger partial charge < -0.3 is 4.98 Å². The zero-order valence-corrected chi connectivity index (χ0v) is 13.5. The summed E-state index contributed by atoms with van der Waals surface area (Å²) in [5, 5.41) is 4.40. The third-order valence-electron chi connectivity index (χ3n) is 4.13. The van der Waals surface area contributed by atoms with Gasteiger partial charge in [0.1, 0.15) is 22.8 Å². The molecule has 1 atom stereocenters. The van der Waals surface area contributed by atoms with Crippen LogP contribution in [-0.2, 0) is 13.6 Å². The zero-order chi connectivity index (χ0) is 17.4. The molecule has 2 aromatic heterocycles. The van der Waals surface area contributed by atoms with Gasteiger partial charge in [-0.05, 0) is 26.1 Å². The fourth-order valence-electron chi connectivity index (χ4n) is 2.66. The zero-order valence-electron chi connectivity index (χ0n) is 13.5. The SMILES string of the molecule is C[C@H](c1c(F)cccc1F)N(C)Cc1nc2c(cnn2C)c(=O)[nH]1. The first-order valence-corrected chi connectivity index (χ1v) is 7.43. The Hall–Kier alpha value is -2.61. The average Bonchev–Trinajstić information content (AvgIpc) is 2.89. The summed E-state index contributed by atoms with van der Waals surface area (Å²) in [7, 11) is 3.41. The standard InChI is InChI=1S/C16H17F2N5O/c1-9(14-11(17)5-4-6-12(14)18)22(2)8-13-20-15-10(16(24)21-13)7-19-23(15)3/h4-7,9H,8H2,1-3H3,(H,20,21,24)/t9-/m1/s1. The number of aryl methyl sites for hydroxylation is 1. The van der Waals surface area contributed by atoms with Crippen LogP contribution in [0.25, 0.3) is 11.0 Å². The highest BCUT2D eigenvalue weighted by atomic mass is 19.1. The Bertz CT molecular complexity index is 929. The molecule has 126 valence electrons. The van der Waals surface area contributed by atoms with Crippen molar-refractivity contribution in [3.63, 3.8) is 0 Å². The highest BCUT2D eigenvalue weighted by molar-refractivity contribution is 5.72. The summed E-state index contributed by atoms with van der Waals surface area (Å²) in [4.78, 5) is 20.8. The number of halogens is 2. The van der Waals surface area contributed by atoms with Crippen molar-refractivity contribution in [3.05, 3.63) is 57.8 Å². The lowest BCUT2D eigenvalue weighted by Gasteiger charge is -2.25. The summed E-state index contributed by atoms with van der Waals surface area (Å²) in [6.07, 6.45) is 1.45. The van der Waals surface area contributed by atoms with E-state index in [1.54, 1.807) is 25.9 Å². The number of rotatable bonds is 4. The minimum atomic E-state index is -0.599. The molecule has 0 aliphatic heterocycles. The summed E-state index contributed by atoms with van der Waals surface area (Å²) in [5.41, 5.74) is 0.164. The van der Waals surface area contributed by atoms with Crippen LogP contribution in [0.4, 0.5) is 8.78 Å². The molecule has 1 N–H and O–H groups in total. The Labute approximate surface area is 136 Å². The predicted octanol–water partition coefficient (Wildman–Crippen LogP) is 2.13. The summed E-state index contributed by atoms with van der Waals surface area (Å²) >= 11 is 0. The molecule has 6 nitrogen and oxygen atoms in total. The second-order valence-electron chi connectivity index (χ2n) is 5.74. The van der Waals surface area contributed by atoms with E-state index in [9.17, 15) is 13.6 Å². The van der Waals surface area contributed by atoms with Crippen molar-refractivity contribution in [2.24, 2.45) is 7.05 Å². The van der Waals surface area contributed by atoms with Gasteiger partial charge >= 0.3 is 0 Å². The maximum absolute atomic E-state index is 13.9. The van der Waals surface area contributed by atoms with Gasteiger partial charge in [-0.25, -0.2) is 13.8 Å². The Morgan fingerprint density at radius 3 is 2.67 bits per heavy atom. The molecule has 0 spiro atoms.